The fraction of sp³-hybridized carbons (Fsp3) is 0.600. The minimum Gasteiger partial charge on any atom is -0.0736 e. The van der Waals surface area contributed by atoms with Crippen molar-refractivity contribution in [3.05, 3.63) is 23.3 Å². The molecule has 0 aromatic rings. The Morgan fingerprint density at radius 2 is 1.20 bits per heavy atom. The Balaban J connectivity index is 3.91. The maximum absolute atomic E-state index is 2.21. The second kappa shape index (κ2) is 5.28. The molecule has 0 fully saturated rings. The van der Waals surface area contributed by atoms with Gasteiger partial charge in [0.05, 0.1) is 0 Å². The third kappa shape index (κ3) is 4.37. The van der Waals surface area contributed by atoms with Crippen molar-refractivity contribution < 1.29 is 0 Å². The molecule has 0 nitrogen and oxygen atoms in total. The van der Waals surface area contributed by atoms with E-state index in [1.54, 1.807) is 0 Å². The van der Waals surface area contributed by atoms with E-state index >= 15 is 0 Å². The predicted octanol–water partition coefficient (Wildman–Crippen LogP) is 3.70. The van der Waals surface area contributed by atoms with Gasteiger partial charge in [-0.1, -0.05) is 37.1 Å². The zero-order chi connectivity index (χ0) is 7.98. The summed E-state index contributed by atoms with van der Waals surface area (Å²) in [6.07, 6.45) is 6.73. The van der Waals surface area contributed by atoms with Gasteiger partial charge in [-0.05, 0) is 26.7 Å². The van der Waals surface area contributed by atoms with Crippen LogP contribution in [0, 0.1) is 0 Å². The quantitative estimate of drug-likeness (QED) is 0.522. The van der Waals surface area contributed by atoms with Gasteiger partial charge in [-0.25, -0.2) is 0 Å². The van der Waals surface area contributed by atoms with Crippen LogP contribution in [0.15, 0.2) is 23.3 Å². The highest BCUT2D eigenvalue weighted by molar-refractivity contribution is 5.14. The summed E-state index contributed by atoms with van der Waals surface area (Å²) in [6.45, 7) is 8.70. The highest BCUT2D eigenvalue weighted by Gasteiger charge is 1.81. The fourth-order valence-electron chi connectivity index (χ4n) is 0.520. The van der Waals surface area contributed by atoms with Crippen molar-refractivity contribution in [2.24, 2.45) is 0 Å². The predicted molar refractivity (Wildman–Crippen MR) is 48.1 cm³/mol. The average Bonchev–Trinajstić information content (AvgIpc) is 1.99. The molecule has 0 aliphatic heterocycles. The lowest BCUT2D eigenvalue weighted by atomic mass is 10.1. The first-order chi connectivity index (χ1) is 4.70. The van der Waals surface area contributed by atoms with Gasteiger partial charge in [0, 0.05) is 0 Å². The second-order valence-electron chi connectivity index (χ2n) is 2.73. The lowest BCUT2D eigenvalue weighted by Crippen LogP contribution is -1.71. The number of hydrogen-bond donors (Lipinski definition) is 0. The zero-order valence-corrected chi connectivity index (χ0v) is 7.57. The lowest BCUT2D eigenvalue weighted by Gasteiger charge is -1.92. The molecule has 0 N–H and O–H groups in total. The van der Waals surface area contributed by atoms with Crippen LogP contribution in [-0.2, 0) is 0 Å². The summed E-state index contributed by atoms with van der Waals surface area (Å²) in [5.41, 5.74) is 2.90. The molecule has 10 heavy (non-hydrogen) atoms. The molecule has 0 unspecified atom stereocenters. The summed E-state index contributed by atoms with van der Waals surface area (Å²) in [5, 5.41) is 0. The molecule has 0 bridgehead atoms. The highest BCUT2D eigenvalue weighted by atomic mass is 13.9. The molecule has 0 aliphatic rings. The van der Waals surface area contributed by atoms with Gasteiger partial charge in [-0.2, -0.15) is 0 Å². The number of hydrogen-bond acceptors (Lipinski definition) is 0. The van der Waals surface area contributed by atoms with Gasteiger partial charge in [0.15, 0.2) is 0 Å². The van der Waals surface area contributed by atoms with Crippen molar-refractivity contribution in [2.75, 3.05) is 0 Å². The van der Waals surface area contributed by atoms with E-state index in [-0.39, 0.29) is 0 Å². The van der Waals surface area contributed by atoms with E-state index in [4.69, 9.17) is 0 Å². The van der Waals surface area contributed by atoms with Gasteiger partial charge in [0.2, 0.25) is 0 Å². The Kier molecular flexibility index (Phi) is 5.00. The van der Waals surface area contributed by atoms with Gasteiger partial charge < -0.3 is 0 Å². The number of allylic oxidation sites excluding steroid dienone is 4. The summed E-state index contributed by atoms with van der Waals surface area (Å²) in [5.74, 6) is 0. The van der Waals surface area contributed by atoms with Crippen LogP contribution < -0.4 is 0 Å². The van der Waals surface area contributed by atoms with Gasteiger partial charge in [-0.3, -0.25) is 0 Å². The first-order valence-electron chi connectivity index (χ1n) is 4.03. The van der Waals surface area contributed by atoms with Crippen LogP contribution in [0.5, 0.6) is 0 Å². The summed E-state index contributed by atoms with van der Waals surface area (Å²) < 4.78 is 0. The van der Waals surface area contributed by atoms with Crippen LogP contribution in [0.4, 0.5) is 0 Å². The van der Waals surface area contributed by atoms with E-state index in [9.17, 15) is 0 Å². The van der Waals surface area contributed by atoms with Crippen molar-refractivity contribution >= 4 is 0 Å². The van der Waals surface area contributed by atoms with Gasteiger partial charge >= 0.3 is 0 Å². The molecule has 0 rings (SSSR count). The standard InChI is InChI=1S/C10H18/c1-5-9(3)7-8-10(4)6-2/h7-8H,5-6H2,1-4H3/b9-7-,10-8+. The summed E-state index contributed by atoms with van der Waals surface area (Å²) in [6, 6.07) is 0. The highest BCUT2D eigenvalue weighted by Crippen LogP contribution is 2.02. The van der Waals surface area contributed by atoms with Crippen molar-refractivity contribution in [1.82, 2.24) is 0 Å². The maximum atomic E-state index is 2.21. The van der Waals surface area contributed by atoms with Gasteiger partial charge in [-0.15, -0.1) is 0 Å². The van der Waals surface area contributed by atoms with Gasteiger partial charge in [0.25, 0.3) is 0 Å². The molecule has 0 radical (unpaired) electrons. The lowest BCUT2D eigenvalue weighted by molar-refractivity contribution is 1.08. The van der Waals surface area contributed by atoms with Crippen LogP contribution in [0.1, 0.15) is 40.5 Å². The summed E-state index contributed by atoms with van der Waals surface area (Å²) >= 11 is 0. The third-order valence-electron chi connectivity index (χ3n) is 1.77. The Hall–Kier alpha value is -0.520. The molecule has 0 saturated carbocycles. The zero-order valence-electron chi connectivity index (χ0n) is 7.57. The van der Waals surface area contributed by atoms with E-state index in [1.807, 2.05) is 0 Å². The molecule has 0 atom stereocenters. The van der Waals surface area contributed by atoms with Crippen molar-refractivity contribution in [3.8, 4) is 0 Å². The normalized spacial score (nSPS) is 14.0. The van der Waals surface area contributed by atoms with Crippen LogP contribution >= 0.6 is 0 Å². The van der Waals surface area contributed by atoms with Crippen molar-refractivity contribution in [3.63, 3.8) is 0 Å². The first kappa shape index (κ1) is 9.48. The Morgan fingerprint density at radius 3 is 1.40 bits per heavy atom. The molecule has 0 aromatic carbocycles. The molecule has 0 saturated heterocycles. The molecule has 0 spiro atoms. The molecule has 0 amide bonds. The van der Waals surface area contributed by atoms with Crippen molar-refractivity contribution in [2.45, 2.75) is 40.5 Å². The Morgan fingerprint density at radius 1 is 0.900 bits per heavy atom. The van der Waals surface area contributed by atoms with E-state index in [0.717, 1.165) is 12.8 Å². The first-order valence-corrected chi connectivity index (χ1v) is 4.03. The molecule has 0 aromatic heterocycles. The fourth-order valence-corrected chi connectivity index (χ4v) is 0.520. The molecule has 58 valence electrons. The molecular weight excluding hydrogens is 120 g/mol. The minimum atomic E-state index is 1.16. The van der Waals surface area contributed by atoms with Crippen molar-refractivity contribution in [1.29, 1.82) is 0 Å². The van der Waals surface area contributed by atoms with Gasteiger partial charge in [0.1, 0.15) is 0 Å². The van der Waals surface area contributed by atoms with Crippen LogP contribution in [0.2, 0.25) is 0 Å². The largest absolute Gasteiger partial charge is 0.0736 e. The monoisotopic (exact) mass is 138 g/mol. The van der Waals surface area contributed by atoms with E-state index < -0.39 is 0 Å². The average molecular weight is 138 g/mol. The smallest absolute Gasteiger partial charge is 0.0349 e. The van der Waals surface area contributed by atoms with Crippen LogP contribution in [0.25, 0.3) is 0 Å². The minimum absolute atomic E-state index is 1.16. The molecule has 0 heteroatoms. The summed E-state index contributed by atoms with van der Waals surface area (Å²) in [4.78, 5) is 0. The maximum Gasteiger partial charge on any atom is -0.0349 e. The van der Waals surface area contributed by atoms with Crippen LogP contribution in [0.3, 0.4) is 0 Å². The molecule has 0 aliphatic carbocycles. The third-order valence-corrected chi connectivity index (χ3v) is 1.77. The second-order valence-corrected chi connectivity index (χ2v) is 2.73. The molecule has 0 heterocycles. The number of rotatable bonds is 3. The summed E-state index contributed by atoms with van der Waals surface area (Å²) in [7, 11) is 0. The topological polar surface area (TPSA) is 0 Å². The molecular formula is C10H18. The van der Waals surface area contributed by atoms with E-state index in [0.29, 0.717) is 0 Å². The van der Waals surface area contributed by atoms with E-state index in [1.165, 1.54) is 11.1 Å². The van der Waals surface area contributed by atoms with E-state index in [2.05, 4.69) is 39.8 Å². The van der Waals surface area contributed by atoms with Crippen LogP contribution in [-0.4, -0.2) is 0 Å². The Labute approximate surface area is 64.6 Å². The Bertz CT molecular complexity index is 120. The SMILES string of the molecule is CC/C(C)=C\C=C(/C)CC.